The van der Waals surface area contributed by atoms with Gasteiger partial charge in [-0.05, 0) is 89.9 Å². The molecule has 1 aromatic carbocycles. The van der Waals surface area contributed by atoms with Gasteiger partial charge in [-0.2, -0.15) is 0 Å². The van der Waals surface area contributed by atoms with Crippen molar-refractivity contribution in [3.05, 3.63) is 60.2 Å². The summed E-state index contributed by atoms with van der Waals surface area (Å²) in [5.41, 5.74) is 1.46. The van der Waals surface area contributed by atoms with Crippen LogP contribution in [-0.4, -0.2) is 56.8 Å². The molecule has 0 heterocycles. The smallest absolute Gasteiger partial charge is 0.104 e. The molecule has 0 aliphatic heterocycles. The average molecular weight is 922 g/mol. The monoisotopic (exact) mass is 921 g/mol. The fraction of sp³-hybridized carbons (Fsp3) is 0.831. The summed E-state index contributed by atoms with van der Waals surface area (Å²) >= 11 is 0. The highest BCUT2D eigenvalue weighted by molar-refractivity contribution is 5.13. The van der Waals surface area contributed by atoms with E-state index in [1.54, 1.807) is 0 Å². The third-order valence-electron chi connectivity index (χ3n) is 13.1. The van der Waals surface area contributed by atoms with Gasteiger partial charge in [-0.15, -0.1) is 0 Å². The zero-order valence-corrected chi connectivity index (χ0v) is 45.6. The summed E-state index contributed by atoms with van der Waals surface area (Å²) in [4.78, 5) is 0. The van der Waals surface area contributed by atoms with Crippen LogP contribution in [0.2, 0.25) is 0 Å². The molecular weight excluding hydrogens is 808 g/mol. The topological polar surface area (TPSA) is 0 Å². The van der Waals surface area contributed by atoms with Gasteiger partial charge in [-0.3, -0.25) is 0 Å². The second-order valence-corrected chi connectivity index (χ2v) is 20.7. The van der Waals surface area contributed by atoms with Gasteiger partial charge in [-0.1, -0.05) is 230 Å². The molecule has 4 heteroatoms. The van der Waals surface area contributed by atoms with Crippen LogP contribution < -0.4 is 24.8 Å². The van der Waals surface area contributed by atoms with E-state index in [9.17, 15) is 0 Å². The first-order valence-electron chi connectivity index (χ1n) is 27.7. The van der Waals surface area contributed by atoms with Gasteiger partial charge in [0.25, 0.3) is 0 Å². The van der Waals surface area contributed by atoms with Gasteiger partial charge in [0.15, 0.2) is 0 Å². The van der Waals surface area contributed by atoms with Gasteiger partial charge in [0.2, 0.25) is 0 Å². The highest BCUT2D eigenvalue weighted by Gasteiger charge is 2.15. The van der Waals surface area contributed by atoms with Crippen LogP contribution in [0.3, 0.4) is 0 Å². The number of halogens is 2. The lowest BCUT2D eigenvalue weighted by Crippen LogP contribution is -3.00. The Bertz CT molecular complexity index is 991. The molecule has 0 amide bonds. The van der Waals surface area contributed by atoms with Crippen molar-refractivity contribution >= 4 is 0 Å². The van der Waals surface area contributed by atoms with Gasteiger partial charge >= 0.3 is 0 Å². The quantitative estimate of drug-likeness (QED) is 0.0347. The zero-order chi connectivity index (χ0) is 44.6. The molecule has 0 aromatic heterocycles. The molecule has 0 saturated carbocycles. The number of benzene rings is 1. The first-order valence-corrected chi connectivity index (χ1v) is 27.7. The number of quaternary nitrogens is 2. The Balaban J connectivity index is -0.00000127. The minimum Gasteiger partial charge on any atom is -1.00 e. The lowest BCUT2D eigenvalue weighted by molar-refractivity contribution is -0.903. The summed E-state index contributed by atoms with van der Waals surface area (Å²) < 4.78 is 2.34. The summed E-state index contributed by atoms with van der Waals surface area (Å²) in [6.07, 6.45) is 63.3. The molecule has 1 aromatic rings. The summed E-state index contributed by atoms with van der Waals surface area (Å²) in [5.74, 6) is 0. The highest BCUT2D eigenvalue weighted by atomic mass is 35.5. The zero-order valence-electron chi connectivity index (χ0n) is 44.0. The molecule has 0 saturated heterocycles. The van der Waals surface area contributed by atoms with Crippen LogP contribution in [-0.2, 0) is 6.54 Å². The van der Waals surface area contributed by atoms with E-state index in [-0.39, 0.29) is 24.8 Å². The largest absolute Gasteiger partial charge is 1.00 e. The molecule has 0 aliphatic rings. The van der Waals surface area contributed by atoms with E-state index in [0.717, 1.165) is 11.0 Å². The lowest BCUT2D eigenvalue weighted by atomic mass is 10.1. The Hall–Kier alpha value is -0.800. The van der Waals surface area contributed by atoms with Crippen LogP contribution in [0.25, 0.3) is 0 Å². The maximum atomic E-state index is 2.45. The molecule has 0 radical (unpaired) electrons. The minimum absolute atomic E-state index is 0. The molecule has 2 nitrogen and oxygen atoms in total. The fourth-order valence-electron chi connectivity index (χ4n) is 8.87. The highest BCUT2D eigenvalue weighted by Crippen LogP contribution is 2.16. The Labute approximate surface area is 411 Å². The van der Waals surface area contributed by atoms with E-state index in [2.05, 4.69) is 104 Å². The lowest BCUT2D eigenvalue weighted by Gasteiger charge is -2.30. The number of hydrogen-bond acceptors (Lipinski definition) is 0. The van der Waals surface area contributed by atoms with E-state index in [4.69, 9.17) is 0 Å². The molecule has 63 heavy (non-hydrogen) atoms. The third-order valence-corrected chi connectivity index (χ3v) is 13.1. The molecule has 0 spiro atoms. The van der Waals surface area contributed by atoms with Crippen molar-refractivity contribution in [1.29, 1.82) is 0 Å². The molecule has 1 rings (SSSR count). The number of unbranched alkanes of at least 4 members (excludes halogenated alkanes) is 33. The number of nitrogens with zero attached hydrogens (tertiary/aromatic N) is 2. The Morgan fingerprint density at radius 1 is 0.302 bits per heavy atom. The van der Waals surface area contributed by atoms with Gasteiger partial charge < -0.3 is 33.8 Å². The van der Waals surface area contributed by atoms with E-state index < -0.39 is 0 Å². The predicted molar refractivity (Wildman–Crippen MR) is 280 cm³/mol. The van der Waals surface area contributed by atoms with Crippen LogP contribution in [0.4, 0.5) is 0 Å². The third kappa shape index (κ3) is 53.7. The van der Waals surface area contributed by atoms with Crippen molar-refractivity contribution in [1.82, 2.24) is 0 Å². The maximum Gasteiger partial charge on any atom is 0.104 e. The van der Waals surface area contributed by atoms with Crippen molar-refractivity contribution in [2.75, 3.05) is 47.8 Å². The molecule has 0 unspecified atom stereocenters. The number of allylic oxidation sites excluding steroid dienone is 4. The average Bonchev–Trinajstić information content (AvgIpc) is 3.24. The molecular formula is C59H114Cl2N2. The SMILES string of the molecule is CCCCCCCC/C=C\CCCCCCCC[N+](C)(C)CCCCCCCC/C=C\CCCCCCCC.CCCCCCCCCCCC[N+](C)(C)Cc1ccccc1.[Cl-].[Cl-]. The molecule has 0 bridgehead atoms. The summed E-state index contributed by atoms with van der Waals surface area (Å²) in [6, 6.07) is 10.9. The summed E-state index contributed by atoms with van der Waals surface area (Å²) in [7, 11) is 9.63. The standard InChI is InChI=1S/C38H76N.C21H38N.2ClH/c1-5-7-9-11-13-15-17-19-21-23-25-27-29-31-33-35-37-39(3,4)38-36-34-32-30-28-26-24-22-20-18-16-14-12-10-8-6-2;1-4-5-6-7-8-9-10-11-12-16-19-22(2,3)20-21-17-14-13-15-18-21;;/h19-22H,5-18,23-38H2,1-4H3;13-15,17-18H,4-12,16,19-20H2,1-3H3;2*1H/q2*+1;;/p-2/b21-19-,22-20-;;;. The molecule has 0 fully saturated rings. The Morgan fingerprint density at radius 3 is 0.825 bits per heavy atom. The van der Waals surface area contributed by atoms with Crippen molar-refractivity contribution < 1.29 is 33.8 Å². The summed E-state index contributed by atoms with van der Waals surface area (Å²) in [5, 5.41) is 0. The van der Waals surface area contributed by atoms with Gasteiger partial charge in [0, 0.05) is 5.56 Å². The van der Waals surface area contributed by atoms with Gasteiger partial charge in [0.1, 0.15) is 6.54 Å². The normalized spacial score (nSPS) is 11.8. The van der Waals surface area contributed by atoms with E-state index in [0.29, 0.717) is 0 Å². The van der Waals surface area contributed by atoms with E-state index in [1.807, 2.05) is 0 Å². The predicted octanol–water partition coefficient (Wildman–Crippen LogP) is 13.3. The Kier molecular flexibility index (Phi) is 55.1. The fourth-order valence-corrected chi connectivity index (χ4v) is 8.87. The second kappa shape index (κ2) is 52.2. The van der Waals surface area contributed by atoms with Gasteiger partial charge in [-0.25, -0.2) is 0 Å². The minimum atomic E-state index is 0. The van der Waals surface area contributed by atoms with Crippen molar-refractivity contribution in [3.63, 3.8) is 0 Å². The van der Waals surface area contributed by atoms with E-state index in [1.165, 1.54) is 274 Å². The van der Waals surface area contributed by atoms with Crippen LogP contribution in [0.1, 0.15) is 270 Å². The molecule has 0 N–H and O–H groups in total. The molecule has 0 aliphatic carbocycles. The number of rotatable bonds is 45. The first kappa shape index (κ1) is 66.5. The van der Waals surface area contributed by atoms with Crippen molar-refractivity contribution in [2.45, 2.75) is 271 Å². The molecule has 0 atom stereocenters. The van der Waals surface area contributed by atoms with E-state index >= 15 is 0 Å². The van der Waals surface area contributed by atoms with Crippen LogP contribution >= 0.6 is 0 Å². The molecule has 374 valence electrons. The maximum absolute atomic E-state index is 2.45. The number of hydrogen-bond donors (Lipinski definition) is 0. The first-order chi connectivity index (χ1) is 29.8. The van der Waals surface area contributed by atoms with Crippen molar-refractivity contribution in [2.24, 2.45) is 0 Å². The van der Waals surface area contributed by atoms with Crippen molar-refractivity contribution in [3.8, 4) is 0 Å². The van der Waals surface area contributed by atoms with Crippen LogP contribution in [0, 0.1) is 0 Å². The summed E-state index contributed by atoms with van der Waals surface area (Å²) in [6.45, 7) is 12.1. The Morgan fingerprint density at radius 2 is 0.540 bits per heavy atom. The van der Waals surface area contributed by atoms with Gasteiger partial charge in [0.05, 0.1) is 47.8 Å². The second-order valence-electron chi connectivity index (χ2n) is 20.7. The van der Waals surface area contributed by atoms with Crippen LogP contribution in [0.15, 0.2) is 54.6 Å². The van der Waals surface area contributed by atoms with Crippen LogP contribution in [0.5, 0.6) is 0 Å².